The molecule has 0 heterocycles. The molecule has 2 N–H and O–H groups in total. The zero-order valence-corrected chi connectivity index (χ0v) is 18.3. The third-order valence-electron chi connectivity index (χ3n) is 3.80. The maximum atomic E-state index is 12.2. The molecule has 0 aromatic heterocycles. The standard InChI is InChI=1S/C21H24BrN3O4/c1-13(2)29-19-10-5-15(11-18(19)22)12-23-25-20(26)14(3)24-21(27)16-6-8-17(28-4)9-7-16/h5-14H,1-4H3,(H,24,27)(H,25,26). The van der Waals surface area contributed by atoms with Crippen molar-refractivity contribution >= 4 is 34.0 Å². The van der Waals surface area contributed by atoms with Gasteiger partial charge in [-0.25, -0.2) is 5.43 Å². The molecule has 2 rings (SSSR count). The van der Waals surface area contributed by atoms with Gasteiger partial charge in [0, 0.05) is 5.56 Å². The van der Waals surface area contributed by atoms with Crippen LogP contribution in [0.3, 0.4) is 0 Å². The molecule has 0 aliphatic rings. The molecule has 0 saturated heterocycles. The fourth-order valence-electron chi connectivity index (χ4n) is 2.30. The molecule has 0 aliphatic carbocycles. The van der Waals surface area contributed by atoms with E-state index in [2.05, 4.69) is 31.8 Å². The maximum Gasteiger partial charge on any atom is 0.262 e. The number of halogens is 1. The monoisotopic (exact) mass is 461 g/mol. The number of hydrazone groups is 1. The van der Waals surface area contributed by atoms with Crippen molar-refractivity contribution in [3.8, 4) is 11.5 Å². The number of rotatable bonds is 8. The molecule has 154 valence electrons. The fraction of sp³-hybridized carbons (Fsp3) is 0.286. The first-order valence-electron chi connectivity index (χ1n) is 9.04. The second-order valence-corrected chi connectivity index (χ2v) is 7.37. The highest BCUT2D eigenvalue weighted by Gasteiger charge is 2.16. The summed E-state index contributed by atoms with van der Waals surface area (Å²) in [6.07, 6.45) is 1.58. The van der Waals surface area contributed by atoms with Gasteiger partial charge in [0.15, 0.2) is 0 Å². The summed E-state index contributed by atoms with van der Waals surface area (Å²) >= 11 is 3.45. The van der Waals surface area contributed by atoms with Crippen LogP contribution in [0.25, 0.3) is 0 Å². The summed E-state index contributed by atoms with van der Waals surface area (Å²) in [4.78, 5) is 24.4. The van der Waals surface area contributed by atoms with Crippen LogP contribution in [0.1, 0.15) is 36.7 Å². The third kappa shape index (κ3) is 6.90. The highest BCUT2D eigenvalue weighted by Crippen LogP contribution is 2.26. The molecule has 1 atom stereocenters. The van der Waals surface area contributed by atoms with Gasteiger partial charge >= 0.3 is 0 Å². The average Bonchev–Trinajstić information content (AvgIpc) is 2.69. The van der Waals surface area contributed by atoms with Crippen molar-refractivity contribution in [2.45, 2.75) is 32.9 Å². The lowest BCUT2D eigenvalue weighted by Crippen LogP contribution is -2.43. The van der Waals surface area contributed by atoms with Crippen LogP contribution in [0.15, 0.2) is 52.0 Å². The topological polar surface area (TPSA) is 89.0 Å². The number of ether oxygens (including phenoxy) is 2. The summed E-state index contributed by atoms with van der Waals surface area (Å²) in [5.41, 5.74) is 3.64. The molecule has 8 heteroatoms. The molecule has 0 spiro atoms. The minimum absolute atomic E-state index is 0.0692. The summed E-state index contributed by atoms with van der Waals surface area (Å²) in [7, 11) is 1.55. The van der Waals surface area contributed by atoms with E-state index in [1.54, 1.807) is 38.3 Å². The van der Waals surface area contributed by atoms with Crippen LogP contribution in [0.5, 0.6) is 11.5 Å². The summed E-state index contributed by atoms with van der Waals surface area (Å²) in [5, 5.41) is 6.57. The molecule has 0 radical (unpaired) electrons. The quantitative estimate of drug-likeness (QED) is 0.464. The molecule has 0 bridgehead atoms. The normalized spacial score (nSPS) is 11.9. The Kier molecular flexibility index (Phi) is 8.21. The Balaban J connectivity index is 1.88. The molecule has 2 aromatic carbocycles. The van der Waals surface area contributed by atoms with Crippen LogP contribution in [0, 0.1) is 0 Å². The van der Waals surface area contributed by atoms with E-state index in [1.165, 1.54) is 6.21 Å². The van der Waals surface area contributed by atoms with Crippen molar-refractivity contribution in [3.05, 3.63) is 58.1 Å². The number of benzene rings is 2. The van der Waals surface area contributed by atoms with Crippen LogP contribution in [0.2, 0.25) is 0 Å². The lowest BCUT2D eigenvalue weighted by atomic mass is 10.2. The predicted octanol–water partition coefficient (Wildman–Crippen LogP) is 3.51. The number of hydrogen-bond acceptors (Lipinski definition) is 5. The van der Waals surface area contributed by atoms with Crippen molar-refractivity contribution in [3.63, 3.8) is 0 Å². The molecule has 29 heavy (non-hydrogen) atoms. The number of carbonyl (C=O) groups is 2. The Labute approximate surface area is 178 Å². The van der Waals surface area contributed by atoms with Gasteiger partial charge in [-0.2, -0.15) is 5.10 Å². The lowest BCUT2D eigenvalue weighted by Gasteiger charge is -2.12. The first-order valence-corrected chi connectivity index (χ1v) is 9.83. The smallest absolute Gasteiger partial charge is 0.262 e. The number of carbonyl (C=O) groups excluding carboxylic acids is 2. The molecule has 0 aliphatic heterocycles. The number of hydrogen-bond donors (Lipinski definition) is 2. The number of nitrogens with zero attached hydrogens (tertiary/aromatic N) is 1. The van der Waals surface area contributed by atoms with Gasteiger partial charge in [-0.1, -0.05) is 0 Å². The van der Waals surface area contributed by atoms with Crippen molar-refractivity contribution in [1.29, 1.82) is 0 Å². The summed E-state index contributed by atoms with van der Waals surface area (Å²) in [6, 6.07) is 11.3. The van der Waals surface area contributed by atoms with Gasteiger partial charge in [0.05, 0.1) is 23.9 Å². The van der Waals surface area contributed by atoms with Crippen molar-refractivity contribution < 1.29 is 19.1 Å². The Morgan fingerprint density at radius 1 is 1.10 bits per heavy atom. The van der Waals surface area contributed by atoms with Gasteiger partial charge in [0.25, 0.3) is 11.8 Å². The van der Waals surface area contributed by atoms with E-state index >= 15 is 0 Å². The zero-order chi connectivity index (χ0) is 21.4. The van der Waals surface area contributed by atoms with Crippen LogP contribution >= 0.6 is 15.9 Å². The van der Waals surface area contributed by atoms with Crippen molar-refractivity contribution in [1.82, 2.24) is 10.7 Å². The fourth-order valence-corrected chi connectivity index (χ4v) is 2.79. The van der Waals surface area contributed by atoms with E-state index < -0.39 is 11.9 Å². The van der Waals surface area contributed by atoms with E-state index in [4.69, 9.17) is 9.47 Å². The van der Waals surface area contributed by atoms with Gasteiger partial charge in [0.1, 0.15) is 17.5 Å². The molecule has 7 nitrogen and oxygen atoms in total. The SMILES string of the molecule is COc1ccc(C(=O)NC(C)C(=O)NN=Cc2ccc(OC(C)C)c(Br)c2)cc1. The van der Waals surface area contributed by atoms with Crippen LogP contribution < -0.4 is 20.2 Å². The average molecular weight is 462 g/mol. The first-order chi connectivity index (χ1) is 13.8. The Morgan fingerprint density at radius 2 is 1.79 bits per heavy atom. The molecule has 2 aromatic rings. The highest BCUT2D eigenvalue weighted by molar-refractivity contribution is 9.10. The van der Waals surface area contributed by atoms with Gasteiger partial charge in [-0.15, -0.1) is 0 Å². The number of methoxy groups -OCH3 is 1. The van der Waals surface area contributed by atoms with E-state index in [9.17, 15) is 9.59 Å². The van der Waals surface area contributed by atoms with Gasteiger partial charge < -0.3 is 14.8 Å². The Hall–Kier alpha value is -2.87. The lowest BCUT2D eigenvalue weighted by molar-refractivity contribution is -0.122. The Bertz CT molecular complexity index is 882. The van der Waals surface area contributed by atoms with Crippen molar-refractivity contribution in [2.24, 2.45) is 5.10 Å². The predicted molar refractivity (Wildman–Crippen MR) is 116 cm³/mol. The van der Waals surface area contributed by atoms with E-state index in [-0.39, 0.29) is 12.0 Å². The number of amides is 2. The molecule has 0 fully saturated rings. The largest absolute Gasteiger partial charge is 0.497 e. The Morgan fingerprint density at radius 3 is 2.38 bits per heavy atom. The third-order valence-corrected chi connectivity index (χ3v) is 4.42. The summed E-state index contributed by atoms with van der Waals surface area (Å²) in [6.45, 7) is 5.48. The van der Waals surface area contributed by atoms with Crippen LogP contribution in [-0.4, -0.2) is 37.3 Å². The van der Waals surface area contributed by atoms with Gasteiger partial charge in [0.2, 0.25) is 0 Å². The minimum atomic E-state index is -0.754. The minimum Gasteiger partial charge on any atom is -0.497 e. The summed E-state index contributed by atoms with van der Waals surface area (Å²) < 4.78 is 11.5. The van der Waals surface area contributed by atoms with Gasteiger partial charge in [-0.3, -0.25) is 9.59 Å². The molecular formula is C21H24BrN3O4. The van der Waals surface area contributed by atoms with Crippen LogP contribution in [-0.2, 0) is 4.79 Å². The van der Waals surface area contributed by atoms with Crippen molar-refractivity contribution in [2.75, 3.05) is 7.11 Å². The van der Waals surface area contributed by atoms with Crippen LogP contribution in [0.4, 0.5) is 0 Å². The number of nitrogens with one attached hydrogen (secondary N) is 2. The molecule has 0 saturated carbocycles. The van der Waals surface area contributed by atoms with E-state index in [1.807, 2.05) is 32.0 Å². The molecular weight excluding hydrogens is 438 g/mol. The van der Waals surface area contributed by atoms with E-state index in [0.29, 0.717) is 11.3 Å². The summed E-state index contributed by atoms with van der Waals surface area (Å²) in [5.74, 6) is 0.596. The van der Waals surface area contributed by atoms with Gasteiger partial charge in [-0.05, 0) is 84.7 Å². The maximum absolute atomic E-state index is 12.2. The van der Waals surface area contributed by atoms with E-state index in [0.717, 1.165) is 15.8 Å². The molecule has 2 amide bonds. The first kappa shape index (κ1) is 22.4. The second kappa shape index (κ2) is 10.6. The second-order valence-electron chi connectivity index (χ2n) is 6.51. The molecule has 1 unspecified atom stereocenters. The highest BCUT2D eigenvalue weighted by atomic mass is 79.9. The zero-order valence-electron chi connectivity index (χ0n) is 16.7.